The number of amides is 2. The number of imidazole rings is 1. The lowest BCUT2D eigenvalue weighted by Gasteiger charge is -2.25. The van der Waals surface area contributed by atoms with Crippen molar-refractivity contribution in [3.63, 3.8) is 0 Å². The van der Waals surface area contributed by atoms with Crippen LogP contribution in [0.5, 0.6) is 0 Å². The number of hydrogen-bond acceptors (Lipinski definition) is 4. The minimum absolute atomic E-state index is 0.0594. The standard InChI is InChI=1S/C27H30N6O2.C11H10/c34-26(19-10-12-28-13-11-19)33-23(14-20-15-29-22-9-5-4-8-21(20)22)27(35)31-17-25-30-16-24(32-25)18-6-2-1-3-7-18;1-9-6-7-10-4-2-3-5-11(10)8-9/h1-9,15-16,19,23,28-29H,10-14,17H2,(H,30,32)(H,31,35)(H,33,34);2-8H,1H3. The highest BCUT2D eigenvalue weighted by atomic mass is 16.2. The van der Waals surface area contributed by atoms with Gasteiger partial charge in [0.2, 0.25) is 11.8 Å². The monoisotopic (exact) mass is 612 g/mol. The van der Waals surface area contributed by atoms with Gasteiger partial charge >= 0.3 is 0 Å². The van der Waals surface area contributed by atoms with Gasteiger partial charge in [0, 0.05) is 29.4 Å². The van der Waals surface area contributed by atoms with Gasteiger partial charge < -0.3 is 25.9 Å². The third-order valence-electron chi connectivity index (χ3n) is 8.49. The first-order valence-corrected chi connectivity index (χ1v) is 15.9. The largest absolute Gasteiger partial charge is 0.361 e. The zero-order valence-electron chi connectivity index (χ0n) is 26.1. The molecule has 0 aliphatic carbocycles. The number of carbonyl (C=O) groups excluding carboxylic acids is 2. The molecule has 4 aromatic carbocycles. The molecule has 3 heterocycles. The van der Waals surface area contributed by atoms with Crippen molar-refractivity contribution >= 4 is 33.5 Å². The van der Waals surface area contributed by atoms with Crippen LogP contribution in [0.1, 0.15) is 29.8 Å². The van der Waals surface area contributed by atoms with Gasteiger partial charge in [-0.15, -0.1) is 0 Å². The number of rotatable bonds is 8. The van der Waals surface area contributed by atoms with Crippen molar-refractivity contribution in [1.29, 1.82) is 0 Å². The molecule has 1 fully saturated rings. The van der Waals surface area contributed by atoms with Gasteiger partial charge in [-0.1, -0.05) is 96.6 Å². The highest BCUT2D eigenvalue weighted by molar-refractivity contribution is 5.90. The van der Waals surface area contributed by atoms with Crippen LogP contribution < -0.4 is 16.0 Å². The summed E-state index contributed by atoms with van der Waals surface area (Å²) in [6.45, 7) is 4.00. The summed E-state index contributed by atoms with van der Waals surface area (Å²) in [5.41, 5.74) is 5.25. The molecule has 2 aromatic heterocycles. The number of para-hydroxylation sites is 1. The summed E-state index contributed by atoms with van der Waals surface area (Å²) >= 11 is 0. The van der Waals surface area contributed by atoms with Gasteiger partial charge in [0.1, 0.15) is 11.9 Å². The first-order valence-electron chi connectivity index (χ1n) is 15.9. The Morgan fingerprint density at radius 2 is 1.63 bits per heavy atom. The van der Waals surface area contributed by atoms with Crippen LogP contribution in [0.4, 0.5) is 0 Å². The lowest BCUT2D eigenvalue weighted by molar-refractivity contribution is -0.131. The van der Waals surface area contributed by atoms with Gasteiger partial charge in [-0.05, 0) is 60.8 Å². The first kappa shape index (κ1) is 30.8. The zero-order chi connectivity index (χ0) is 31.7. The Kier molecular flexibility index (Phi) is 9.85. The Balaban J connectivity index is 0.000000283. The summed E-state index contributed by atoms with van der Waals surface area (Å²) in [7, 11) is 0. The molecule has 1 aliphatic rings. The van der Waals surface area contributed by atoms with Crippen molar-refractivity contribution in [2.45, 2.75) is 38.8 Å². The van der Waals surface area contributed by atoms with Crippen LogP contribution in [0, 0.1) is 12.8 Å². The molecule has 1 aliphatic heterocycles. The number of nitrogens with one attached hydrogen (secondary N) is 5. The van der Waals surface area contributed by atoms with Gasteiger partial charge in [-0.3, -0.25) is 9.59 Å². The summed E-state index contributed by atoms with van der Waals surface area (Å²) < 4.78 is 0. The predicted octanol–water partition coefficient (Wildman–Crippen LogP) is 6.05. The third-order valence-corrected chi connectivity index (χ3v) is 8.49. The summed E-state index contributed by atoms with van der Waals surface area (Å²) in [5, 5.41) is 13.0. The molecular formula is C38H40N6O2. The minimum atomic E-state index is -0.680. The van der Waals surface area contributed by atoms with Crippen molar-refractivity contribution in [3.8, 4) is 11.3 Å². The lowest BCUT2D eigenvalue weighted by atomic mass is 9.96. The molecule has 8 heteroatoms. The first-order chi connectivity index (χ1) is 22.5. The van der Waals surface area contributed by atoms with E-state index in [0.29, 0.717) is 12.2 Å². The molecule has 1 saturated heterocycles. The predicted molar refractivity (Wildman–Crippen MR) is 184 cm³/mol. The van der Waals surface area contributed by atoms with Crippen LogP contribution in [-0.2, 0) is 22.6 Å². The normalized spacial score (nSPS) is 13.9. The van der Waals surface area contributed by atoms with Gasteiger partial charge in [0.25, 0.3) is 0 Å². The average molecular weight is 613 g/mol. The van der Waals surface area contributed by atoms with E-state index in [9.17, 15) is 9.59 Å². The fourth-order valence-electron chi connectivity index (χ4n) is 5.92. The molecule has 0 radical (unpaired) electrons. The van der Waals surface area contributed by atoms with E-state index in [-0.39, 0.29) is 24.3 Å². The molecule has 2 amide bonds. The number of nitrogens with zero attached hydrogens (tertiary/aromatic N) is 1. The molecule has 6 aromatic rings. The van der Waals surface area contributed by atoms with Crippen molar-refractivity contribution in [2.75, 3.05) is 13.1 Å². The Morgan fingerprint density at radius 1 is 0.891 bits per heavy atom. The van der Waals surface area contributed by atoms with Crippen LogP contribution >= 0.6 is 0 Å². The zero-order valence-corrected chi connectivity index (χ0v) is 26.1. The number of benzene rings is 4. The van der Waals surface area contributed by atoms with Crippen molar-refractivity contribution in [1.82, 2.24) is 30.9 Å². The molecule has 0 spiro atoms. The molecule has 5 N–H and O–H groups in total. The highest BCUT2D eigenvalue weighted by Crippen LogP contribution is 2.21. The second-order valence-corrected chi connectivity index (χ2v) is 11.8. The lowest BCUT2D eigenvalue weighted by Crippen LogP contribution is -2.50. The summed E-state index contributed by atoms with van der Waals surface area (Å²) in [6.07, 6.45) is 5.64. The topological polar surface area (TPSA) is 115 Å². The maximum absolute atomic E-state index is 13.3. The number of aryl methyl sites for hydroxylation is 1. The van der Waals surface area contributed by atoms with E-state index in [1.165, 1.54) is 16.3 Å². The number of aromatic nitrogens is 3. The molecule has 0 bridgehead atoms. The number of aromatic amines is 2. The van der Waals surface area contributed by atoms with Gasteiger partial charge in [0.05, 0.1) is 18.4 Å². The fourth-order valence-corrected chi connectivity index (χ4v) is 5.92. The molecule has 46 heavy (non-hydrogen) atoms. The SMILES string of the molecule is Cc1ccc2ccccc2c1.O=C(NC(Cc1c[nH]c2ccccc12)C(=O)NCc1ncc(-c2ccccc2)[nH]1)C1CCNCC1. The van der Waals surface area contributed by atoms with E-state index < -0.39 is 6.04 Å². The second kappa shape index (κ2) is 14.7. The van der Waals surface area contributed by atoms with E-state index in [1.807, 2.05) is 60.8 Å². The van der Waals surface area contributed by atoms with Crippen molar-refractivity contribution in [2.24, 2.45) is 5.92 Å². The Bertz CT molecular complexity index is 1900. The third kappa shape index (κ3) is 7.71. The quantitative estimate of drug-likeness (QED) is 0.144. The molecule has 1 atom stereocenters. The van der Waals surface area contributed by atoms with E-state index >= 15 is 0 Å². The maximum Gasteiger partial charge on any atom is 0.243 e. The number of hydrogen-bond donors (Lipinski definition) is 5. The number of H-pyrrole nitrogens is 2. The second-order valence-electron chi connectivity index (χ2n) is 11.8. The van der Waals surface area contributed by atoms with Crippen molar-refractivity contribution < 1.29 is 9.59 Å². The Morgan fingerprint density at radius 3 is 2.46 bits per heavy atom. The van der Waals surface area contributed by atoms with Crippen LogP contribution in [0.15, 0.2) is 109 Å². The van der Waals surface area contributed by atoms with E-state index in [4.69, 9.17) is 0 Å². The van der Waals surface area contributed by atoms with Crippen LogP contribution in [-0.4, -0.2) is 45.9 Å². The summed E-state index contributed by atoms with van der Waals surface area (Å²) in [6, 6.07) is 32.1. The number of fused-ring (bicyclic) bond motifs is 2. The van der Waals surface area contributed by atoms with Crippen LogP contribution in [0.3, 0.4) is 0 Å². The van der Waals surface area contributed by atoms with Crippen LogP contribution in [0.2, 0.25) is 0 Å². The molecule has 0 saturated carbocycles. The van der Waals surface area contributed by atoms with E-state index in [2.05, 4.69) is 80.3 Å². The Labute approximate surface area is 269 Å². The van der Waals surface area contributed by atoms with Crippen LogP contribution in [0.25, 0.3) is 32.9 Å². The summed E-state index contributed by atoms with van der Waals surface area (Å²) in [4.78, 5) is 37.2. The van der Waals surface area contributed by atoms with E-state index in [0.717, 1.165) is 53.7 Å². The number of piperidine rings is 1. The molecule has 7 rings (SSSR count). The highest BCUT2D eigenvalue weighted by Gasteiger charge is 2.27. The molecule has 234 valence electrons. The molecular weight excluding hydrogens is 572 g/mol. The molecule has 8 nitrogen and oxygen atoms in total. The van der Waals surface area contributed by atoms with Crippen molar-refractivity contribution in [3.05, 3.63) is 126 Å². The fraction of sp³-hybridized carbons (Fsp3) is 0.237. The van der Waals surface area contributed by atoms with Gasteiger partial charge in [-0.2, -0.15) is 0 Å². The maximum atomic E-state index is 13.3. The molecule has 1 unspecified atom stereocenters. The smallest absolute Gasteiger partial charge is 0.243 e. The average Bonchev–Trinajstić information content (AvgIpc) is 3.75. The van der Waals surface area contributed by atoms with Gasteiger partial charge in [0.15, 0.2) is 0 Å². The van der Waals surface area contributed by atoms with Gasteiger partial charge in [-0.25, -0.2) is 4.98 Å². The number of carbonyl (C=O) groups is 2. The summed E-state index contributed by atoms with van der Waals surface area (Å²) in [5.74, 6) is 0.298. The Hall–Kier alpha value is -5.21. The van der Waals surface area contributed by atoms with E-state index in [1.54, 1.807) is 6.20 Å². The minimum Gasteiger partial charge on any atom is -0.361 e.